The van der Waals surface area contributed by atoms with E-state index in [0.717, 1.165) is 43.5 Å². The van der Waals surface area contributed by atoms with Gasteiger partial charge in [-0.2, -0.15) is 4.37 Å². The first-order valence-electron chi connectivity index (χ1n) is 6.25. The van der Waals surface area contributed by atoms with Gasteiger partial charge in [0, 0.05) is 12.8 Å². The largest absolute Gasteiger partial charge is 0.393 e. The number of nitrogens with zero attached hydrogens (tertiary/aromatic N) is 1. The van der Waals surface area contributed by atoms with Crippen LogP contribution in [0.15, 0.2) is 4.90 Å². The van der Waals surface area contributed by atoms with Gasteiger partial charge < -0.3 is 16.2 Å². The van der Waals surface area contributed by atoms with Crippen LogP contribution in [0.4, 0.5) is 10.8 Å². The Morgan fingerprint density at radius 2 is 2.26 bits per heavy atom. The van der Waals surface area contributed by atoms with Gasteiger partial charge in [0.2, 0.25) is 0 Å². The zero-order valence-electron chi connectivity index (χ0n) is 10.8. The molecule has 2 rings (SSSR count). The maximum atomic E-state index is 11.6. The lowest BCUT2D eigenvalue weighted by Crippen LogP contribution is -2.25. The number of nitrogens with two attached hydrogens (primary N) is 1. The number of hydrogen-bond donors (Lipinski definition) is 3. The van der Waals surface area contributed by atoms with E-state index in [1.54, 1.807) is 0 Å². The van der Waals surface area contributed by atoms with Crippen LogP contribution in [0.1, 0.15) is 25.7 Å². The molecule has 1 aliphatic carbocycles. The topological polar surface area (TPSA) is 105 Å². The predicted octanol–water partition coefficient (Wildman–Crippen LogP) is 1.09. The van der Waals surface area contributed by atoms with Gasteiger partial charge in [-0.25, -0.2) is 8.42 Å². The summed E-state index contributed by atoms with van der Waals surface area (Å²) in [6.07, 6.45) is 4.57. The molecule has 1 aromatic heterocycles. The minimum absolute atomic E-state index is 0.0543. The molecule has 1 aromatic rings. The van der Waals surface area contributed by atoms with Crippen LogP contribution >= 0.6 is 11.5 Å². The number of hydrogen-bond acceptors (Lipinski definition) is 7. The summed E-state index contributed by atoms with van der Waals surface area (Å²) in [4.78, 5) is 0.0915. The second-order valence-corrected chi connectivity index (χ2v) is 7.79. The van der Waals surface area contributed by atoms with Gasteiger partial charge in [-0.3, -0.25) is 0 Å². The highest BCUT2D eigenvalue weighted by Crippen LogP contribution is 2.32. The lowest BCUT2D eigenvalue weighted by molar-refractivity contribution is 0.105. The van der Waals surface area contributed by atoms with E-state index in [9.17, 15) is 13.5 Å². The Hall–Kier alpha value is -0.860. The third-order valence-corrected chi connectivity index (χ3v) is 5.45. The van der Waals surface area contributed by atoms with E-state index in [4.69, 9.17) is 5.73 Å². The highest BCUT2D eigenvalue weighted by atomic mass is 32.2. The fourth-order valence-electron chi connectivity index (χ4n) is 2.45. The zero-order chi connectivity index (χ0) is 14.0. The second kappa shape index (κ2) is 5.64. The first kappa shape index (κ1) is 14.5. The molecule has 6 nitrogen and oxygen atoms in total. The van der Waals surface area contributed by atoms with Crippen LogP contribution in [0.25, 0.3) is 0 Å². The molecule has 0 spiro atoms. The minimum Gasteiger partial charge on any atom is -0.393 e. The van der Waals surface area contributed by atoms with Gasteiger partial charge >= 0.3 is 0 Å². The van der Waals surface area contributed by atoms with Crippen molar-refractivity contribution in [2.45, 2.75) is 36.7 Å². The Balaban J connectivity index is 2.04. The van der Waals surface area contributed by atoms with Crippen molar-refractivity contribution in [1.29, 1.82) is 0 Å². The molecule has 1 saturated carbocycles. The van der Waals surface area contributed by atoms with Gasteiger partial charge in [-0.15, -0.1) is 0 Å². The quantitative estimate of drug-likeness (QED) is 0.769. The Morgan fingerprint density at radius 1 is 1.53 bits per heavy atom. The van der Waals surface area contributed by atoms with E-state index in [0.29, 0.717) is 17.5 Å². The van der Waals surface area contributed by atoms with Crippen LogP contribution in [0.3, 0.4) is 0 Å². The summed E-state index contributed by atoms with van der Waals surface area (Å²) < 4.78 is 27.2. The normalized spacial score (nSPS) is 24.3. The molecule has 19 heavy (non-hydrogen) atoms. The fraction of sp³-hybridized carbons (Fsp3) is 0.727. The zero-order valence-corrected chi connectivity index (χ0v) is 12.4. The van der Waals surface area contributed by atoms with Crippen LogP contribution in [0.2, 0.25) is 0 Å². The molecule has 2 unspecified atom stereocenters. The molecule has 0 aliphatic heterocycles. The molecule has 1 heterocycles. The van der Waals surface area contributed by atoms with Crippen molar-refractivity contribution in [3.8, 4) is 0 Å². The van der Waals surface area contributed by atoms with Gasteiger partial charge in [-0.1, -0.05) is 6.42 Å². The molecule has 4 N–H and O–H groups in total. The van der Waals surface area contributed by atoms with Crippen LogP contribution < -0.4 is 11.1 Å². The summed E-state index contributed by atoms with van der Waals surface area (Å²) in [5, 5.41) is 13.2. The van der Waals surface area contributed by atoms with Crippen LogP contribution in [0.5, 0.6) is 0 Å². The van der Waals surface area contributed by atoms with Crippen molar-refractivity contribution in [2.24, 2.45) is 5.92 Å². The average molecular weight is 305 g/mol. The molecule has 2 atom stereocenters. The molecule has 0 aromatic carbocycles. The standard InChI is InChI=1S/C11H19N3O3S2/c1-19(16,17)9-10(12)14-18-11(9)13-6-7-3-2-4-8(15)5-7/h7-8,13,15H,2-6H2,1H3,(H2,12,14). The molecule has 1 fully saturated rings. The summed E-state index contributed by atoms with van der Waals surface area (Å²) in [5.41, 5.74) is 5.60. The van der Waals surface area contributed by atoms with Crippen molar-refractivity contribution in [2.75, 3.05) is 23.9 Å². The molecular weight excluding hydrogens is 286 g/mol. The van der Waals surface area contributed by atoms with Gasteiger partial charge in [0.15, 0.2) is 15.7 Å². The number of aliphatic hydroxyl groups is 1. The van der Waals surface area contributed by atoms with E-state index < -0.39 is 9.84 Å². The number of aliphatic hydroxyl groups excluding tert-OH is 1. The summed E-state index contributed by atoms with van der Waals surface area (Å²) in [7, 11) is -3.37. The lowest BCUT2D eigenvalue weighted by Gasteiger charge is -2.26. The fourth-order valence-corrected chi connectivity index (χ4v) is 4.52. The van der Waals surface area contributed by atoms with E-state index in [2.05, 4.69) is 9.69 Å². The van der Waals surface area contributed by atoms with Gasteiger partial charge in [0.25, 0.3) is 0 Å². The summed E-state index contributed by atoms with van der Waals surface area (Å²) in [5.74, 6) is 0.415. The SMILES string of the molecule is CS(=O)(=O)c1c(N)nsc1NCC1CCCC(O)C1. The Morgan fingerprint density at radius 3 is 2.89 bits per heavy atom. The smallest absolute Gasteiger partial charge is 0.182 e. The van der Waals surface area contributed by atoms with Crippen LogP contribution in [0, 0.1) is 5.92 Å². The number of anilines is 2. The number of rotatable bonds is 4. The predicted molar refractivity (Wildman–Crippen MR) is 76.1 cm³/mol. The molecule has 0 bridgehead atoms. The van der Waals surface area contributed by atoms with Crippen molar-refractivity contribution >= 4 is 32.2 Å². The highest BCUT2D eigenvalue weighted by molar-refractivity contribution is 7.91. The third-order valence-electron chi connectivity index (χ3n) is 3.35. The van der Waals surface area contributed by atoms with Crippen molar-refractivity contribution < 1.29 is 13.5 Å². The Labute approximate surface area is 117 Å². The molecule has 1 aliphatic rings. The average Bonchev–Trinajstić information content (AvgIpc) is 2.67. The number of aromatic nitrogens is 1. The van der Waals surface area contributed by atoms with Gasteiger partial charge in [0.1, 0.15) is 9.90 Å². The van der Waals surface area contributed by atoms with E-state index in [-0.39, 0.29) is 16.8 Å². The Kier molecular flexibility index (Phi) is 4.32. The number of sulfone groups is 1. The highest BCUT2D eigenvalue weighted by Gasteiger charge is 2.24. The second-order valence-electron chi connectivity index (χ2n) is 5.07. The van der Waals surface area contributed by atoms with Crippen molar-refractivity contribution in [3.63, 3.8) is 0 Å². The molecule has 0 amide bonds. The Bertz CT molecular complexity index is 541. The van der Waals surface area contributed by atoms with Gasteiger partial charge in [-0.05, 0) is 36.7 Å². The first-order valence-corrected chi connectivity index (χ1v) is 8.91. The van der Waals surface area contributed by atoms with Crippen molar-refractivity contribution in [1.82, 2.24) is 4.37 Å². The maximum absolute atomic E-state index is 11.6. The van der Waals surface area contributed by atoms with E-state index in [1.165, 1.54) is 0 Å². The summed E-state index contributed by atoms with van der Waals surface area (Å²) in [6, 6.07) is 0. The maximum Gasteiger partial charge on any atom is 0.182 e. The molecular formula is C11H19N3O3S2. The monoisotopic (exact) mass is 305 g/mol. The first-order chi connectivity index (χ1) is 8.88. The number of nitrogens with one attached hydrogen (secondary N) is 1. The number of nitrogen functional groups attached to an aromatic ring is 1. The summed E-state index contributed by atoms with van der Waals surface area (Å²) in [6.45, 7) is 0.640. The molecule has 0 saturated heterocycles. The van der Waals surface area contributed by atoms with E-state index in [1.807, 2.05) is 0 Å². The van der Waals surface area contributed by atoms with Crippen molar-refractivity contribution in [3.05, 3.63) is 0 Å². The lowest BCUT2D eigenvalue weighted by atomic mass is 9.87. The molecule has 8 heteroatoms. The van der Waals surface area contributed by atoms with Crippen LogP contribution in [-0.4, -0.2) is 36.8 Å². The van der Waals surface area contributed by atoms with Gasteiger partial charge in [0.05, 0.1) is 6.10 Å². The third kappa shape index (κ3) is 3.58. The molecule has 108 valence electrons. The summed E-state index contributed by atoms with van der Waals surface area (Å²) >= 11 is 1.06. The van der Waals surface area contributed by atoms with E-state index >= 15 is 0 Å². The van der Waals surface area contributed by atoms with Crippen LogP contribution in [-0.2, 0) is 9.84 Å². The molecule has 0 radical (unpaired) electrons. The minimum atomic E-state index is -3.37.